The Hall–Kier alpha value is -1.83. The highest BCUT2D eigenvalue weighted by molar-refractivity contribution is 5.87. The van der Waals surface area contributed by atoms with Crippen molar-refractivity contribution in [2.45, 2.75) is 33.6 Å². The first-order valence-electron chi connectivity index (χ1n) is 7.02. The molecule has 0 bridgehead atoms. The second-order valence-corrected chi connectivity index (χ2v) is 4.43. The number of aliphatic imine (C=N–C) groups is 1. The van der Waals surface area contributed by atoms with Gasteiger partial charge in [-0.3, -0.25) is 4.99 Å². The summed E-state index contributed by atoms with van der Waals surface area (Å²) >= 11 is 0. The van der Waals surface area contributed by atoms with Gasteiger partial charge in [-0.2, -0.15) is 0 Å². The molecule has 1 aliphatic carbocycles. The van der Waals surface area contributed by atoms with Crippen molar-refractivity contribution in [2.24, 2.45) is 10.9 Å². The number of hydrogen-bond donors (Lipinski definition) is 1. The average Bonchev–Trinajstić information content (AvgIpc) is 2.65. The largest absolute Gasteiger partial charge is 0.398 e. The van der Waals surface area contributed by atoms with Gasteiger partial charge in [0.2, 0.25) is 0 Å². The molecule has 0 saturated carbocycles. The number of para-hydroxylation sites is 1. The van der Waals surface area contributed by atoms with Gasteiger partial charge in [-0.1, -0.05) is 51.1 Å². The summed E-state index contributed by atoms with van der Waals surface area (Å²) in [6, 6.07) is 7.76. The van der Waals surface area contributed by atoms with E-state index in [-0.39, 0.29) is 0 Å². The average molecular weight is 256 g/mol. The molecule has 1 aromatic rings. The standard InChI is InChI=1S/C15H18N2.C2H6/c1-12-5-4-7-14(10-9-12)17-11-13-6-2-3-8-15(13)16;1-2/h2-3,6-12H,4-5,16H2,1H3;1-2H3. The van der Waals surface area contributed by atoms with Crippen LogP contribution in [0.3, 0.4) is 0 Å². The van der Waals surface area contributed by atoms with Gasteiger partial charge in [0.1, 0.15) is 0 Å². The molecule has 1 atom stereocenters. The van der Waals surface area contributed by atoms with E-state index in [1.807, 2.05) is 44.3 Å². The maximum Gasteiger partial charge on any atom is 0.0586 e. The van der Waals surface area contributed by atoms with E-state index >= 15 is 0 Å². The molecule has 2 heteroatoms. The number of nitrogens with zero attached hydrogens (tertiary/aromatic N) is 1. The van der Waals surface area contributed by atoms with Crippen LogP contribution in [0, 0.1) is 5.92 Å². The topological polar surface area (TPSA) is 38.4 Å². The molecule has 19 heavy (non-hydrogen) atoms. The van der Waals surface area contributed by atoms with Crippen LogP contribution in [0.5, 0.6) is 0 Å². The smallest absolute Gasteiger partial charge is 0.0586 e. The van der Waals surface area contributed by atoms with Gasteiger partial charge < -0.3 is 5.73 Å². The third-order valence-corrected chi connectivity index (χ3v) is 2.92. The van der Waals surface area contributed by atoms with Crippen molar-refractivity contribution in [2.75, 3.05) is 5.73 Å². The summed E-state index contributed by atoms with van der Waals surface area (Å²) in [6.45, 7) is 6.23. The van der Waals surface area contributed by atoms with Crippen LogP contribution in [0.25, 0.3) is 0 Å². The Kier molecular flexibility index (Phi) is 6.65. The highest BCUT2D eigenvalue weighted by atomic mass is 14.7. The van der Waals surface area contributed by atoms with Crippen LogP contribution in [0.1, 0.15) is 39.2 Å². The van der Waals surface area contributed by atoms with Gasteiger partial charge in [0.05, 0.1) is 5.70 Å². The highest BCUT2D eigenvalue weighted by Crippen LogP contribution is 2.16. The molecule has 2 nitrogen and oxygen atoms in total. The maximum atomic E-state index is 5.86. The third-order valence-electron chi connectivity index (χ3n) is 2.92. The van der Waals surface area contributed by atoms with Crippen LogP contribution in [0.15, 0.2) is 53.2 Å². The summed E-state index contributed by atoms with van der Waals surface area (Å²) in [7, 11) is 0. The monoisotopic (exact) mass is 256 g/mol. The first-order valence-corrected chi connectivity index (χ1v) is 7.02. The lowest BCUT2D eigenvalue weighted by Crippen LogP contribution is -1.92. The fraction of sp³-hybridized carbons (Fsp3) is 0.353. The number of anilines is 1. The summed E-state index contributed by atoms with van der Waals surface area (Å²) in [6.07, 6.45) is 10.6. The van der Waals surface area contributed by atoms with Gasteiger partial charge >= 0.3 is 0 Å². The zero-order valence-electron chi connectivity index (χ0n) is 12.1. The van der Waals surface area contributed by atoms with Crippen LogP contribution in [-0.2, 0) is 0 Å². The van der Waals surface area contributed by atoms with Crippen LogP contribution in [-0.4, -0.2) is 6.21 Å². The molecule has 2 N–H and O–H groups in total. The van der Waals surface area contributed by atoms with E-state index in [2.05, 4.69) is 30.1 Å². The molecule has 0 heterocycles. The van der Waals surface area contributed by atoms with Gasteiger partial charge in [0, 0.05) is 17.5 Å². The van der Waals surface area contributed by atoms with E-state index < -0.39 is 0 Å². The minimum atomic E-state index is 0.640. The molecule has 1 aliphatic rings. The Balaban J connectivity index is 0.000000861. The van der Waals surface area contributed by atoms with Crippen molar-refractivity contribution in [1.29, 1.82) is 0 Å². The Labute approximate surface area is 116 Å². The number of rotatable bonds is 2. The molecule has 1 aromatic carbocycles. The summed E-state index contributed by atoms with van der Waals surface area (Å²) in [5.41, 5.74) is 8.62. The van der Waals surface area contributed by atoms with Gasteiger partial charge in [-0.15, -0.1) is 0 Å². The molecule has 0 aliphatic heterocycles. The normalized spacial score (nSPS) is 18.5. The zero-order valence-corrected chi connectivity index (χ0v) is 12.1. The van der Waals surface area contributed by atoms with Crippen LogP contribution < -0.4 is 5.73 Å². The molecule has 0 saturated heterocycles. The number of hydrogen-bond acceptors (Lipinski definition) is 2. The molecule has 0 spiro atoms. The SMILES string of the molecule is CC.CC1C=CC(N=Cc2ccccc2N)=CCC1. The van der Waals surface area contributed by atoms with Crippen LogP contribution >= 0.6 is 0 Å². The summed E-state index contributed by atoms with van der Waals surface area (Å²) < 4.78 is 0. The van der Waals surface area contributed by atoms with Gasteiger partial charge in [0.15, 0.2) is 0 Å². The summed E-state index contributed by atoms with van der Waals surface area (Å²) in [5, 5.41) is 0. The molecule has 2 rings (SSSR count). The molecule has 1 unspecified atom stereocenters. The molecule has 0 radical (unpaired) electrons. The maximum absolute atomic E-state index is 5.86. The summed E-state index contributed by atoms with van der Waals surface area (Å²) in [4.78, 5) is 4.48. The number of benzene rings is 1. The first-order chi connectivity index (χ1) is 9.25. The lowest BCUT2D eigenvalue weighted by Gasteiger charge is -1.98. The lowest BCUT2D eigenvalue weighted by atomic mass is 10.1. The second-order valence-electron chi connectivity index (χ2n) is 4.43. The molecule has 0 aromatic heterocycles. The van der Waals surface area contributed by atoms with Crippen molar-refractivity contribution < 1.29 is 0 Å². The quantitative estimate of drug-likeness (QED) is 0.610. The molecule has 0 amide bonds. The van der Waals surface area contributed by atoms with E-state index in [4.69, 9.17) is 5.73 Å². The van der Waals surface area contributed by atoms with Gasteiger partial charge in [-0.25, -0.2) is 0 Å². The van der Waals surface area contributed by atoms with E-state index in [0.717, 1.165) is 23.4 Å². The van der Waals surface area contributed by atoms with E-state index in [1.165, 1.54) is 6.42 Å². The van der Waals surface area contributed by atoms with Gasteiger partial charge in [-0.05, 0) is 30.9 Å². The van der Waals surface area contributed by atoms with Crippen molar-refractivity contribution >= 4 is 11.9 Å². The Morgan fingerprint density at radius 1 is 1.26 bits per heavy atom. The Morgan fingerprint density at radius 2 is 2.00 bits per heavy atom. The van der Waals surface area contributed by atoms with Crippen molar-refractivity contribution in [3.63, 3.8) is 0 Å². The first kappa shape index (κ1) is 15.2. The third kappa shape index (κ3) is 5.12. The van der Waals surface area contributed by atoms with Crippen molar-refractivity contribution in [1.82, 2.24) is 0 Å². The molecule has 102 valence electrons. The minimum Gasteiger partial charge on any atom is -0.398 e. The second kappa shape index (κ2) is 8.30. The number of nitrogen functional groups attached to an aromatic ring is 1. The van der Waals surface area contributed by atoms with Crippen molar-refractivity contribution in [3.8, 4) is 0 Å². The number of nitrogens with two attached hydrogens (primary N) is 1. The Morgan fingerprint density at radius 3 is 2.74 bits per heavy atom. The van der Waals surface area contributed by atoms with Crippen LogP contribution in [0.4, 0.5) is 5.69 Å². The van der Waals surface area contributed by atoms with Gasteiger partial charge in [0.25, 0.3) is 0 Å². The number of allylic oxidation sites excluding steroid dienone is 3. The highest BCUT2D eigenvalue weighted by Gasteiger charge is 2.01. The van der Waals surface area contributed by atoms with E-state index in [9.17, 15) is 0 Å². The predicted octanol–water partition coefficient (Wildman–Crippen LogP) is 4.58. The molecule has 0 fully saturated rings. The lowest BCUT2D eigenvalue weighted by molar-refractivity contribution is 0.662. The summed E-state index contributed by atoms with van der Waals surface area (Å²) in [5.74, 6) is 0.640. The predicted molar refractivity (Wildman–Crippen MR) is 85.4 cm³/mol. The molecular weight excluding hydrogens is 232 g/mol. The van der Waals surface area contributed by atoms with Crippen molar-refractivity contribution in [3.05, 3.63) is 53.8 Å². The molecular formula is C17H24N2. The van der Waals surface area contributed by atoms with E-state index in [0.29, 0.717) is 5.92 Å². The fourth-order valence-electron chi connectivity index (χ4n) is 1.79. The van der Waals surface area contributed by atoms with E-state index in [1.54, 1.807) is 0 Å². The Bertz CT molecular complexity index is 470. The fourth-order valence-corrected chi connectivity index (χ4v) is 1.79. The van der Waals surface area contributed by atoms with Crippen LogP contribution in [0.2, 0.25) is 0 Å². The zero-order chi connectivity index (χ0) is 14.1. The minimum absolute atomic E-state index is 0.640.